The summed E-state index contributed by atoms with van der Waals surface area (Å²) in [4.78, 5) is 15.0. The normalized spacial score (nSPS) is 9.93. The van der Waals surface area contributed by atoms with E-state index in [9.17, 15) is 4.79 Å². The van der Waals surface area contributed by atoms with Gasteiger partial charge in [0.2, 0.25) is 0 Å². The summed E-state index contributed by atoms with van der Waals surface area (Å²) in [5.74, 6) is 1.45. The molecular weight excluding hydrogens is 212 g/mol. The Morgan fingerprint density at radius 1 is 1.60 bits per heavy atom. The van der Waals surface area contributed by atoms with Crippen molar-refractivity contribution in [2.75, 3.05) is 18.1 Å². The van der Waals surface area contributed by atoms with E-state index >= 15 is 0 Å². The van der Waals surface area contributed by atoms with Crippen molar-refractivity contribution >= 4 is 23.5 Å². The summed E-state index contributed by atoms with van der Waals surface area (Å²) in [6.45, 7) is 2.23. The van der Waals surface area contributed by atoms with E-state index in [0.717, 1.165) is 11.3 Å². The first-order chi connectivity index (χ1) is 7.22. The van der Waals surface area contributed by atoms with Gasteiger partial charge in [0.25, 0.3) is 0 Å². The fourth-order valence-corrected chi connectivity index (χ4v) is 1.73. The maximum absolute atomic E-state index is 11.0. The first-order valence-corrected chi connectivity index (χ1v) is 5.81. The molecule has 4 nitrogen and oxygen atoms in total. The molecular formula is C10H14N2O2S. The van der Waals surface area contributed by atoms with Gasteiger partial charge in [0.05, 0.1) is 12.4 Å². The first kappa shape index (κ1) is 11.8. The molecule has 0 amide bonds. The monoisotopic (exact) mass is 226 g/mol. The van der Waals surface area contributed by atoms with E-state index in [0.29, 0.717) is 18.2 Å². The molecule has 15 heavy (non-hydrogen) atoms. The molecule has 0 fully saturated rings. The summed E-state index contributed by atoms with van der Waals surface area (Å²) in [6.07, 6.45) is 1.72. The van der Waals surface area contributed by atoms with Crippen molar-refractivity contribution in [1.82, 2.24) is 4.98 Å². The number of esters is 1. The number of thioether (sulfide) groups is 1. The largest absolute Gasteiger partial charge is 0.465 e. The number of aromatic nitrogens is 1. The van der Waals surface area contributed by atoms with Gasteiger partial charge in [-0.05, 0) is 18.6 Å². The van der Waals surface area contributed by atoms with Gasteiger partial charge in [-0.3, -0.25) is 4.79 Å². The molecule has 0 aromatic carbocycles. The lowest BCUT2D eigenvalue weighted by atomic mass is 10.3. The predicted octanol–water partition coefficient (Wildman–Crippen LogP) is 1.46. The first-order valence-electron chi connectivity index (χ1n) is 4.66. The van der Waals surface area contributed by atoms with Crippen LogP contribution in [0.4, 0.5) is 5.82 Å². The molecule has 1 aromatic rings. The van der Waals surface area contributed by atoms with Gasteiger partial charge in [0.15, 0.2) is 0 Å². The van der Waals surface area contributed by atoms with E-state index in [2.05, 4.69) is 4.98 Å². The minimum absolute atomic E-state index is 0.175. The van der Waals surface area contributed by atoms with Gasteiger partial charge in [0.1, 0.15) is 5.82 Å². The maximum Gasteiger partial charge on any atom is 0.315 e. The summed E-state index contributed by atoms with van der Waals surface area (Å²) in [7, 11) is 0. The fourth-order valence-electron chi connectivity index (χ4n) is 0.976. The minimum Gasteiger partial charge on any atom is -0.465 e. The summed E-state index contributed by atoms with van der Waals surface area (Å²) in [5.41, 5.74) is 6.51. The standard InChI is InChI=1S/C10H14N2O2S/c1-2-14-10(13)7-15-6-8-3-4-9(11)12-5-8/h3-5H,2,6-7H2,1H3,(H2,11,12). The summed E-state index contributed by atoms with van der Waals surface area (Å²) >= 11 is 1.50. The van der Waals surface area contributed by atoms with Crippen LogP contribution in [-0.2, 0) is 15.3 Å². The van der Waals surface area contributed by atoms with Crippen LogP contribution < -0.4 is 5.73 Å². The number of carbonyl (C=O) groups is 1. The Balaban J connectivity index is 2.26. The van der Waals surface area contributed by atoms with E-state index in [4.69, 9.17) is 10.5 Å². The molecule has 0 aliphatic carbocycles. The minimum atomic E-state index is -0.175. The van der Waals surface area contributed by atoms with Crippen molar-refractivity contribution in [3.05, 3.63) is 23.9 Å². The van der Waals surface area contributed by atoms with Gasteiger partial charge in [-0.25, -0.2) is 4.98 Å². The number of nitrogens with zero attached hydrogens (tertiary/aromatic N) is 1. The summed E-state index contributed by atoms with van der Waals surface area (Å²) in [6, 6.07) is 3.65. The molecule has 1 aromatic heterocycles. The third-order valence-electron chi connectivity index (χ3n) is 1.64. The van der Waals surface area contributed by atoms with E-state index in [1.807, 2.05) is 6.07 Å². The quantitative estimate of drug-likeness (QED) is 0.770. The molecule has 5 heteroatoms. The van der Waals surface area contributed by atoms with E-state index in [1.54, 1.807) is 19.2 Å². The Labute approximate surface area is 93.2 Å². The molecule has 1 rings (SSSR count). The number of nitrogens with two attached hydrogens (primary N) is 1. The zero-order valence-electron chi connectivity index (χ0n) is 8.60. The summed E-state index contributed by atoms with van der Waals surface area (Å²) in [5, 5.41) is 0. The van der Waals surface area contributed by atoms with Gasteiger partial charge in [0, 0.05) is 11.9 Å². The molecule has 0 saturated heterocycles. The summed E-state index contributed by atoms with van der Waals surface area (Å²) < 4.78 is 4.80. The van der Waals surface area contributed by atoms with Gasteiger partial charge >= 0.3 is 5.97 Å². The molecule has 0 bridgehead atoms. The van der Waals surface area contributed by atoms with Crippen molar-refractivity contribution in [1.29, 1.82) is 0 Å². The molecule has 82 valence electrons. The van der Waals surface area contributed by atoms with Crippen LogP contribution in [-0.4, -0.2) is 23.3 Å². The lowest BCUT2D eigenvalue weighted by Crippen LogP contribution is -2.06. The highest BCUT2D eigenvalue weighted by Crippen LogP contribution is 2.12. The molecule has 1 heterocycles. The van der Waals surface area contributed by atoms with Crippen molar-refractivity contribution < 1.29 is 9.53 Å². The van der Waals surface area contributed by atoms with Gasteiger partial charge in [-0.15, -0.1) is 11.8 Å². The van der Waals surface area contributed by atoms with E-state index in [-0.39, 0.29) is 5.97 Å². The SMILES string of the molecule is CCOC(=O)CSCc1ccc(N)nc1. The Bertz CT molecular complexity index is 314. The predicted molar refractivity (Wildman–Crippen MR) is 61.4 cm³/mol. The van der Waals surface area contributed by atoms with Crippen LogP contribution in [0.3, 0.4) is 0 Å². The number of anilines is 1. The van der Waals surface area contributed by atoms with Crippen molar-refractivity contribution in [2.24, 2.45) is 0 Å². The van der Waals surface area contributed by atoms with Crippen LogP contribution in [0.1, 0.15) is 12.5 Å². The molecule has 2 N–H and O–H groups in total. The van der Waals surface area contributed by atoms with Gasteiger partial charge in [-0.2, -0.15) is 0 Å². The Morgan fingerprint density at radius 3 is 3.00 bits per heavy atom. The number of pyridine rings is 1. The van der Waals surface area contributed by atoms with E-state index < -0.39 is 0 Å². The zero-order valence-corrected chi connectivity index (χ0v) is 9.42. The third kappa shape index (κ3) is 4.69. The molecule has 0 aliphatic rings. The van der Waals surface area contributed by atoms with Crippen LogP contribution in [0.5, 0.6) is 0 Å². The highest BCUT2D eigenvalue weighted by atomic mass is 32.2. The molecule has 0 aliphatic heterocycles. The topological polar surface area (TPSA) is 65.2 Å². The lowest BCUT2D eigenvalue weighted by molar-refractivity contribution is -0.139. The van der Waals surface area contributed by atoms with Crippen LogP contribution in [0.15, 0.2) is 18.3 Å². The zero-order chi connectivity index (χ0) is 11.1. The molecule has 0 unspecified atom stereocenters. The van der Waals surface area contributed by atoms with E-state index in [1.165, 1.54) is 11.8 Å². The number of carbonyl (C=O) groups excluding carboxylic acids is 1. The average Bonchev–Trinajstić information content (AvgIpc) is 2.21. The fraction of sp³-hybridized carbons (Fsp3) is 0.400. The van der Waals surface area contributed by atoms with Crippen LogP contribution in [0.25, 0.3) is 0 Å². The Morgan fingerprint density at radius 2 is 2.40 bits per heavy atom. The van der Waals surface area contributed by atoms with Crippen LogP contribution >= 0.6 is 11.8 Å². The van der Waals surface area contributed by atoms with Gasteiger partial charge < -0.3 is 10.5 Å². The second-order valence-corrected chi connectivity index (χ2v) is 3.87. The maximum atomic E-state index is 11.0. The molecule has 0 radical (unpaired) electrons. The van der Waals surface area contributed by atoms with Crippen molar-refractivity contribution in [2.45, 2.75) is 12.7 Å². The second-order valence-electron chi connectivity index (χ2n) is 2.89. The highest BCUT2D eigenvalue weighted by Gasteiger charge is 2.01. The number of ether oxygens (including phenoxy) is 1. The second kappa shape index (κ2) is 6.29. The Kier molecular flexibility index (Phi) is 4.97. The smallest absolute Gasteiger partial charge is 0.315 e. The van der Waals surface area contributed by atoms with Crippen molar-refractivity contribution in [3.8, 4) is 0 Å². The molecule has 0 saturated carbocycles. The van der Waals surface area contributed by atoms with Crippen molar-refractivity contribution in [3.63, 3.8) is 0 Å². The third-order valence-corrected chi connectivity index (χ3v) is 2.62. The average molecular weight is 226 g/mol. The lowest BCUT2D eigenvalue weighted by Gasteiger charge is -2.02. The molecule has 0 spiro atoms. The number of hydrogen-bond acceptors (Lipinski definition) is 5. The number of hydrogen-bond donors (Lipinski definition) is 1. The van der Waals surface area contributed by atoms with Gasteiger partial charge in [-0.1, -0.05) is 6.07 Å². The van der Waals surface area contributed by atoms with Crippen LogP contribution in [0, 0.1) is 0 Å². The highest BCUT2D eigenvalue weighted by molar-refractivity contribution is 7.99. The molecule has 0 atom stereocenters. The Hall–Kier alpha value is -1.23. The number of rotatable bonds is 5. The van der Waals surface area contributed by atoms with Crippen LogP contribution in [0.2, 0.25) is 0 Å². The number of nitrogen functional groups attached to an aromatic ring is 1.